The van der Waals surface area contributed by atoms with Gasteiger partial charge in [0.15, 0.2) is 0 Å². The molecule has 110 valence electrons. The van der Waals surface area contributed by atoms with Gasteiger partial charge in [0.05, 0.1) is 9.88 Å². The van der Waals surface area contributed by atoms with Crippen LogP contribution in [-0.2, 0) is 13.0 Å². The van der Waals surface area contributed by atoms with E-state index >= 15 is 0 Å². The molecule has 0 unspecified atom stereocenters. The van der Waals surface area contributed by atoms with Gasteiger partial charge in [0.2, 0.25) is 0 Å². The van der Waals surface area contributed by atoms with E-state index in [9.17, 15) is 9.18 Å². The first kappa shape index (κ1) is 14.1. The van der Waals surface area contributed by atoms with E-state index in [2.05, 4.69) is 17.3 Å². The van der Waals surface area contributed by atoms with Gasteiger partial charge in [0, 0.05) is 25.7 Å². The van der Waals surface area contributed by atoms with Crippen molar-refractivity contribution in [3.05, 3.63) is 52.2 Å². The van der Waals surface area contributed by atoms with Crippen LogP contribution in [0.4, 0.5) is 9.39 Å². The Morgan fingerprint density at radius 2 is 2.24 bits per heavy atom. The van der Waals surface area contributed by atoms with E-state index in [0.29, 0.717) is 10.4 Å². The summed E-state index contributed by atoms with van der Waals surface area (Å²) in [5, 5.41) is 3.97. The summed E-state index contributed by atoms with van der Waals surface area (Å²) in [6.07, 6.45) is 2.15. The molecule has 1 aromatic carbocycles. The van der Waals surface area contributed by atoms with Gasteiger partial charge in [0.1, 0.15) is 5.82 Å². The zero-order valence-corrected chi connectivity index (χ0v) is 12.7. The van der Waals surface area contributed by atoms with Crippen molar-refractivity contribution < 1.29 is 9.18 Å². The predicted octanol–water partition coefficient (Wildman–Crippen LogP) is 3.20. The molecular formula is C16H17FN2OS. The second-order valence-electron chi connectivity index (χ2n) is 5.24. The van der Waals surface area contributed by atoms with Crippen LogP contribution in [0.15, 0.2) is 30.3 Å². The lowest BCUT2D eigenvalue weighted by molar-refractivity contribution is 0.0954. The molecule has 0 fully saturated rings. The van der Waals surface area contributed by atoms with E-state index in [-0.39, 0.29) is 18.3 Å². The number of benzene rings is 1. The maximum atomic E-state index is 13.5. The number of hydrogen-bond acceptors (Lipinski definition) is 3. The number of nitrogens with zero attached hydrogens (tertiary/aromatic N) is 1. The van der Waals surface area contributed by atoms with Gasteiger partial charge >= 0.3 is 0 Å². The molecule has 3 nitrogen and oxygen atoms in total. The van der Waals surface area contributed by atoms with Gasteiger partial charge in [-0.15, -0.1) is 11.3 Å². The summed E-state index contributed by atoms with van der Waals surface area (Å²) in [5.41, 5.74) is 1.74. The fourth-order valence-corrected chi connectivity index (χ4v) is 3.66. The van der Waals surface area contributed by atoms with Crippen LogP contribution < -0.4 is 10.2 Å². The first-order chi connectivity index (χ1) is 10.1. The number of aryl methyl sites for hydroxylation is 1. The number of amides is 1. The van der Waals surface area contributed by atoms with Crippen LogP contribution in [0.25, 0.3) is 0 Å². The molecule has 0 bridgehead atoms. The molecule has 5 heteroatoms. The topological polar surface area (TPSA) is 32.3 Å². The minimum Gasteiger partial charge on any atom is -0.366 e. The van der Waals surface area contributed by atoms with Gasteiger partial charge in [-0.1, -0.05) is 18.2 Å². The Balaban J connectivity index is 1.70. The van der Waals surface area contributed by atoms with Crippen LogP contribution in [-0.4, -0.2) is 19.5 Å². The molecule has 0 atom stereocenters. The van der Waals surface area contributed by atoms with Gasteiger partial charge in [-0.2, -0.15) is 0 Å². The quantitative estimate of drug-likeness (QED) is 0.944. The summed E-state index contributed by atoms with van der Waals surface area (Å²) >= 11 is 1.51. The maximum Gasteiger partial charge on any atom is 0.261 e. The molecule has 1 amide bonds. The third-order valence-electron chi connectivity index (χ3n) is 3.69. The summed E-state index contributed by atoms with van der Waals surface area (Å²) < 4.78 is 13.5. The number of halogens is 1. The molecule has 1 aliphatic heterocycles. The third-order valence-corrected chi connectivity index (χ3v) is 4.98. The van der Waals surface area contributed by atoms with E-state index in [1.807, 2.05) is 6.07 Å². The highest BCUT2D eigenvalue weighted by Gasteiger charge is 2.20. The molecule has 1 N–H and O–H groups in total. The first-order valence-electron chi connectivity index (χ1n) is 7.00. The molecule has 2 aromatic rings. The highest BCUT2D eigenvalue weighted by Crippen LogP contribution is 2.34. The fourth-order valence-electron chi connectivity index (χ4n) is 2.55. The molecule has 0 aliphatic carbocycles. The average Bonchev–Trinajstić information content (AvgIpc) is 2.92. The largest absolute Gasteiger partial charge is 0.366 e. The second-order valence-corrected chi connectivity index (χ2v) is 6.27. The van der Waals surface area contributed by atoms with Gasteiger partial charge in [-0.05, 0) is 30.5 Å². The van der Waals surface area contributed by atoms with Crippen LogP contribution in [0.2, 0.25) is 0 Å². The molecule has 1 aliphatic rings. The summed E-state index contributed by atoms with van der Waals surface area (Å²) in [7, 11) is 2.05. The van der Waals surface area contributed by atoms with Crippen molar-refractivity contribution >= 4 is 22.2 Å². The SMILES string of the molecule is CN1CCCc2cc(C(=O)NCc3ccccc3F)sc21. The average molecular weight is 304 g/mol. The van der Waals surface area contributed by atoms with Crippen molar-refractivity contribution in [1.29, 1.82) is 0 Å². The maximum absolute atomic E-state index is 13.5. The number of rotatable bonds is 3. The molecule has 0 saturated heterocycles. The Bertz CT molecular complexity index is 668. The van der Waals surface area contributed by atoms with Crippen LogP contribution in [0.1, 0.15) is 27.2 Å². The molecule has 1 aromatic heterocycles. The smallest absolute Gasteiger partial charge is 0.261 e. The predicted molar refractivity (Wildman–Crippen MR) is 83.5 cm³/mol. The van der Waals surface area contributed by atoms with E-state index in [0.717, 1.165) is 19.4 Å². The molecule has 0 spiro atoms. The number of hydrogen-bond donors (Lipinski definition) is 1. The molecule has 21 heavy (non-hydrogen) atoms. The van der Waals surface area contributed by atoms with Crippen LogP contribution in [0.5, 0.6) is 0 Å². The lowest BCUT2D eigenvalue weighted by Gasteiger charge is -2.23. The number of nitrogens with one attached hydrogen (secondary N) is 1. The monoisotopic (exact) mass is 304 g/mol. The van der Waals surface area contributed by atoms with Gasteiger partial charge in [-0.3, -0.25) is 4.79 Å². The zero-order valence-electron chi connectivity index (χ0n) is 11.9. The van der Waals surface area contributed by atoms with Crippen molar-refractivity contribution in [3.8, 4) is 0 Å². The Kier molecular flexibility index (Phi) is 3.92. The number of carbonyl (C=O) groups excluding carboxylic acids is 1. The van der Waals surface area contributed by atoms with Crippen LogP contribution in [0.3, 0.4) is 0 Å². The Hall–Kier alpha value is -1.88. The standard InChI is InChI=1S/C16H17FN2OS/c1-19-8-4-6-11-9-14(21-16(11)19)15(20)18-10-12-5-2-3-7-13(12)17/h2-3,5,7,9H,4,6,8,10H2,1H3,(H,18,20). The summed E-state index contributed by atoms with van der Waals surface area (Å²) in [4.78, 5) is 15.1. The molecule has 2 heterocycles. The molecule has 3 rings (SSSR count). The van der Waals surface area contributed by atoms with Crippen molar-refractivity contribution in [2.75, 3.05) is 18.5 Å². The highest BCUT2D eigenvalue weighted by atomic mass is 32.1. The lowest BCUT2D eigenvalue weighted by Crippen LogP contribution is -2.22. The first-order valence-corrected chi connectivity index (χ1v) is 7.82. The third kappa shape index (κ3) is 2.93. The van der Waals surface area contributed by atoms with Gasteiger partial charge in [-0.25, -0.2) is 4.39 Å². The Morgan fingerprint density at radius 1 is 1.43 bits per heavy atom. The summed E-state index contributed by atoms with van der Waals surface area (Å²) in [6, 6.07) is 8.46. The minimum atomic E-state index is -0.289. The molecule has 0 radical (unpaired) electrons. The van der Waals surface area contributed by atoms with E-state index < -0.39 is 0 Å². The van der Waals surface area contributed by atoms with Crippen molar-refractivity contribution in [1.82, 2.24) is 5.32 Å². The zero-order chi connectivity index (χ0) is 14.8. The Morgan fingerprint density at radius 3 is 3.00 bits per heavy atom. The van der Waals surface area contributed by atoms with E-state index in [1.165, 1.54) is 28.0 Å². The fraction of sp³-hybridized carbons (Fsp3) is 0.312. The van der Waals surface area contributed by atoms with Crippen molar-refractivity contribution in [2.45, 2.75) is 19.4 Å². The van der Waals surface area contributed by atoms with Crippen LogP contribution >= 0.6 is 11.3 Å². The number of thiophene rings is 1. The summed E-state index contributed by atoms with van der Waals surface area (Å²) in [5.74, 6) is -0.422. The normalized spacial score (nSPS) is 13.9. The van der Waals surface area contributed by atoms with Gasteiger partial charge in [0.25, 0.3) is 5.91 Å². The number of carbonyl (C=O) groups is 1. The molecule has 0 saturated carbocycles. The Labute approximate surface area is 127 Å². The van der Waals surface area contributed by atoms with Gasteiger partial charge < -0.3 is 10.2 Å². The van der Waals surface area contributed by atoms with E-state index in [1.54, 1.807) is 18.2 Å². The summed E-state index contributed by atoms with van der Waals surface area (Å²) in [6.45, 7) is 1.24. The van der Waals surface area contributed by atoms with Crippen molar-refractivity contribution in [3.63, 3.8) is 0 Å². The second kappa shape index (κ2) is 5.85. The number of anilines is 1. The van der Waals surface area contributed by atoms with Crippen LogP contribution in [0, 0.1) is 5.82 Å². The molecular weight excluding hydrogens is 287 g/mol. The number of fused-ring (bicyclic) bond motifs is 1. The lowest BCUT2D eigenvalue weighted by atomic mass is 10.1. The van der Waals surface area contributed by atoms with E-state index in [4.69, 9.17) is 0 Å². The van der Waals surface area contributed by atoms with Crippen molar-refractivity contribution in [2.24, 2.45) is 0 Å². The highest BCUT2D eigenvalue weighted by molar-refractivity contribution is 7.18. The minimum absolute atomic E-state index is 0.133.